The molecule has 1 N–H and O–H groups in total. The number of hydrogen-bond donors (Lipinski definition) is 1. The van der Waals surface area contributed by atoms with Crippen LogP contribution in [0.25, 0.3) is 11.0 Å². The lowest BCUT2D eigenvalue weighted by molar-refractivity contribution is 0.315. The van der Waals surface area contributed by atoms with Crippen LogP contribution in [0.3, 0.4) is 0 Å². The Hall–Kier alpha value is -2.19. The third-order valence-electron chi connectivity index (χ3n) is 2.77. The molecule has 2 aromatic heterocycles. The Morgan fingerprint density at radius 3 is 2.80 bits per heavy atom. The number of aromatic nitrogens is 2. The Kier molecular flexibility index (Phi) is 3.03. The molecule has 0 bridgehead atoms. The lowest BCUT2D eigenvalue weighted by Crippen LogP contribution is -2.23. The Bertz CT molecular complexity index is 850. The van der Waals surface area contributed by atoms with Gasteiger partial charge in [0.1, 0.15) is 21.9 Å². The van der Waals surface area contributed by atoms with E-state index in [0.717, 1.165) is 5.76 Å². The quantitative estimate of drug-likeness (QED) is 0.784. The summed E-state index contributed by atoms with van der Waals surface area (Å²) >= 11 is 0. The lowest BCUT2D eigenvalue weighted by Gasteiger charge is -2.05. The Morgan fingerprint density at radius 2 is 2.05 bits per heavy atom. The van der Waals surface area contributed by atoms with Crippen molar-refractivity contribution in [1.82, 2.24) is 15.0 Å². The number of aryl methyl sites for hydroxylation is 1. The fourth-order valence-corrected chi connectivity index (χ4v) is 2.96. The molecule has 20 heavy (non-hydrogen) atoms. The molecule has 8 heteroatoms. The topological polar surface area (TPSA) is 98.2 Å². The summed E-state index contributed by atoms with van der Waals surface area (Å²) in [6.45, 7) is 1.86. The summed E-state index contributed by atoms with van der Waals surface area (Å²) in [5, 5.41) is 7.23. The van der Waals surface area contributed by atoms with Crippen molar-refractivity contribution in [3.05, 3.63) is 41.9 Å². The highest BCUT2D eigenvalue weighted by Gasteiger charge is 2.20. The second kappa shape index (κ2) is 4.73. The lowest BCUT2D eigenvalue weighted by atomic mass is 10.3. The second-order valence-electron chi connectivity index (χ2n) is 4.23. The molecule has 0 atom stereocenters. The van der Waals surface area contributed by atoms with Gasteiger partial charge in [-0.2, -0.15) is 0 Å². The predicted octanol–water partition coefficient (Wildman–Crippen LogP) is 1.60. The van der Waals surface area contributed by atoms with E-state index in [0.29, 0.717) is 11.3 Å². The molecule has 1 aromatic carbocycles. The first-order valence-electron chi connectivity index (χ1n) is 5.82. The van der Waals surface area contributed by atoms with E-state index < -0.39 is 10.0 Å². The van der Waals surface area contributed by atoms with Gasteiger partial charge in [-0.1, -0.05) is 6.07 Å². The Morgan fingerprint density at radius 1 is 1.20 bits per heavy atom. The average Bonchev–Trinajstić information content (AvgIpc) is 3.04. The van der Waals surface area contributed by atoms with Crippen LogP contribution < -0.4 is 4.72 Å². The number of hydrogen-bond acceptors (Lipinski definition) is 6. The van der Waals surface area contributed by atoms with E-state index in [1.807, 2.05) is 0 Å². The molecule has 0 saturated carbocycles. The first-order valence-corrected chi connectivity index (χ1v) is 7.31. The van der Waals surface area contributed by atoms with Crippen molar-refractivity contribution in [3.8, 4) is 0 Å². The van der Waals surface area contributed by atoms with Gasteiger partial charge in [0.25, 0.3) is 0 Å². The van der Waals surface area contributed by atoms with Gasteiger partial charge in [0.15, 0.2) is 5.52 Å². The zero-order valence-corrected chi connectivity index (χ0v) is 11.3. The summed E-state index contributed by atoms with van der Waals surface area (Å²) in [6.07, 6.45) is 0. The van der Waals surface area contributed by atoms with Gasteiger partial charge < -0.3 is 4.42 Å². The van der Waals surface area contributed by atoms with E-state index in [1.165, 1.54) is 6.07 Å². The number of sulfonamides is 1. The van der Waals surface area contributed by atoms with Crippen molar-refractivity contribution in [3.63, 3.8) is 0 Å². The summed E-state index contributed by atoms with van der Waals surface area (Å²) in [6, 6.07) is 8.14. The van der Waals surface area contributed by atoms with E-state index in [9.17, 15) is 8.42 Å². The van der Waals surface area contributed by atoms with E-state index in [4.69, 9.17) is 4.42 Å². The van der Waals surface area contributed by atoms with Gasteiger partial charge in [0.2, 0.25) is 10.0 Å². The van der Waals surface area contributed by atoms with E-state index in [2.05, 4.69) is 19.7 Å². The largest absolute Gasteiger partial charge is 0.465 e. The minimum atomic E-state index is -3.72. The molecule has 0 amide bonds. The summed E-state index contributed by atoms with van der Waals surface area (Å²) in [5.74, 6) is 1.26. The molecule has 2 heterocycles. The smallest absolute Gasteiger partial charge is 0.243 e. The van der Waals surface area contributed by atoms with E-state index in [1.54, 1.807) is 31.2 Å². The molecular formula is C12H11N3O4S. The van der Waals surface area contributed by atoms with Crippen LogP contribution in [0.4, 0.5) is 0 Å². The number of nitrogens with one attached hydrogen (secondary N) is 1. The maximum absolute atomic E-state index is 12.3. The third kappa shape index (κ3) is 2.30. The molecule has 7 nitrogen and oxygen atoms in total. The van der Waals surface area contributed by atoms with Crippen LogP contribution in [-0.2, 0) is 16.6 Å². The molecule has 0 aliphatic carbocycles. The highest BCUT2D eigenvalue weighted by Crippen LogP contribution is 2.19. The molecule has 0 aliphatic heterocycles. The maximum Gasteiger partial charge on any atom is 0.243 e. The van der Waals surface area contributed by atoms with Crippen LogP contribution in [-0.4, -0.2) is 18.7 Å². The van der Waals surface area contributed by atoms with E-state index >= 15 is 0 Å². The maximum atomic E-state index is 12.3. The highest BCUT2D eigenvalue weighted by atomic mass is 32.2. The standard InChI is InChI=1S/C12H11N3O4S/c1-8-5-6-9(18-8)7-13-20(16,17)11-4-2-3-10-12(11)15-19-14-10/h2-6,13H,7H2,1H3. The highest BCUT2D eigenvalue weighted by molar-refractivity contribution is 7.89. The van der Waals surface area contributed by atoms with Gasteiger partial charge in [0, 0.05) is 0 Å². The Balaban J connectivity index is 1.90. The molecule has 3 aromatic rings. The molecule has 0 unspecified atom stereocenters. The summed E-state index contributed by atoms with van der Waals surface area (Å²) < 4.78 is 36.8. The monoisotopic (exact) mass is 293 g/mol. The number of rotatable bonds is 4. The number of fused-ring (bicyclic) bond motifs is 1. The van der Waals surface area contributed by atoms with Crippen LogP contribution >= 0.6 is 0 Å². The van der Waals surface area contributed by atoms with Gasteiger partial charge in [-0.05, 0) is 41.5 Å². The van der Waals surface area contributed by atoms with Crippen molar-refractivity contribution in [2.45, 2.75) is 18.4 Å². The van der Waals surface area contributed by atoms with Crippen molar-refractivity contribution < 1.29 is 17.5 Å². The molecule has 0 saturated heterocycles. The van der Waals surface area contributed by atoms with Gasteiger partial charge in [0.05, 0.1) is 6.54 Å². The van der Waals surface area contributed by atoms with Gasteiger partial charge in [-0.25, -0.2) is 17.8 Å². The molecular weight excluding hydrogens is 282 g/mol. The number of nitrogens with zero attached hydrogens (tertiary/aromatic N) is 2. The van der Waals surface area contributed by atoms with Crippen LogP contribution in [0, 0.1) is 6.92 Å². The fourth-order valence-electron chi connectivity index (χ4n) is 1.82. The average molecular weight is 293 g/mol. The number of furan rings is 1. The SMILES string of the molecule is Cc1ccc(CNS(=O)(=O)c2cccc3nonc23)o1. The molecule has 104 valence electrons. The van der Waals surface area contributed by atoms with Gasteiger partial charge >= 0.3 is 0 Å². The predicted molar refractivity (Wildman–Crippen MR) is 69.3 cm³/mol. The van der Waals surface area contributed by atoms with Crippen molar-refractivity contribution in [2.24, 2.45) is 0 Å². The molecule has 0 aliphatic rings. The van der Waals surface area contributed by atoms with Gasteiger partial charge in [-0.15, -0.1) is 0 Å². The summed E-state index contributed by atoms with van der Waals surface area (Å²) in [5.41, 5.74) is 0.595. The number of benzene rings is 1. The molecule has 0 spiro atoms. The van der Waals surface area contributed by atoms with Crippen LogP contribution in [0.2, 0.25) is 0 Å². The first-order chi connectivity index (χ1) is 9.56. The normalized spacial score (nSPS) is 12.1. The van der Waals surface area contributed by atoms with Crippen molar-refractivity contribution >= 4 is 21.1 Å². The Labute approximate surface area is 114 Å². The summed E-state index contributed by atoms with van der Waals surface area (Å²) in [4.78, 5) is 0.0273. The molecule has 0 fully saturated rings. The minimum Gasteiger partial charge on any atom is -0.465 e. The van der Waals surface area contributed by atoms with Crippen LogP contribution in [0.1, 0.15) is 11.5 Å². The minimum absolute atomic E-state index is 0.0273. The zero-order chi connectivity index (χ0) is 14.2. The third-order valence-corrected chi connectivity index (χ3v) is 4.20. The van der Waals surface area contributed by atoms with Crippen molar-refractivity contribution in [2.75, 3.05) is 0 Å². The van der Waals surface area contributed by atoms with Crippen LogP contribution in [0.15, 0.2) is 44.3 Å². The summed E-state index contributed by atoms with van der Waals surface area (Å²) in [7, 11) is -3.72. The second-order valence-corrected chi connectivity index (χ2v) is 5.96. The molecule has 3 rings (SSSR count). The van der Waals surface area contributed by atoms with Crippen LogP contribution in [0.5, 0.6) is 0 Å². The fraction of sp³-hybridized carbons (Fsp3) is 0.167. The zero-order valence-electron chi connectivity index (χ0n) is 10.5. The first kappa shape index (κ1) is 12.8. The van der Waals surface area contributed by atoms with Crippen molar-refractivity contribution in [1.29, 1.82) is 0 Å². The molecule has 0 radical (unpaired) electrons. The van der Waals surface area contributed by atoms with Gasteiger partial charge in [-0.3, -0.25) is 0 Å². The van der Waals surface area contributed by atoms with E-state index in [-0.39, 0.29) is 17.0 Å².